The van der Waals surface area contributed by atoms with E-state index in [0.29, 0.717) is 18.4 Å². The highest BCUT2D eigenvalue weighted by Crippen LogP contribution is 2.59. The Bertz CT molecular complexity index is 1040. The lowest BCUT2D eigenvalue weighted by atomic mass is 9.74. The van der Waals surface area contributed by atoms with Crippen molar-refractivity contribution in [3.8, 4) is 0 Å². The SMILES string of the molecule is C/C=C(\C)C(=O)OC1(OC(=O)C(C)CC)CC(C)(OC(C)=O)C2CC=C(C)C2C2OCC(C)(OC(C)=O)C21. The lowest BCUT2D eigenvalue weighted by Gasteiger charge is -2.46. The van der Waals surface area contributed by atoms with Crippen LogP contribution in [0.4, 0.5) is 0 Å². The maximum absolute atomic E-state index is 13.5. The second kappa shape index (κ2) is 10.8. The average Bonchev–Trinajstić information content (AvgIpc) is 3.33. The van der Waals surface area contributed by atoms with Gasteiger partial charge in [0.25, 0.3) is 5.79 Å². The van der Waals surface area contributed by atoms with Crippen molar-refractivity contribution in [1.82, 2.24) is 0 Å². The van der Waals surface area contributed by atoms with Crippen LogP contribution < -0.4 is 0 Å². The third kappa shape index (κ3) is 5.40. The zero-order valence-corrected chi connectivity index (χ0v) is 24.0. The van der Waals surface area contributed by atoms with Crippen LogP contribution >= 0.6 is 0 Å². The van der Waals surface area contributed by atoms with Gasteiger partial charge in [0.15, 0.2) is 0 Å². The van der Waals surface area contributed by atoms with E-state index in [2.05, 4.69) is 6.08 Å². The Labute approximate surface area is 225 Å². The summed E-state index contributed by atoms with van der Waals surface area (Å²) in [6.07, 6.45) is 3.99. The minimum absolute atomic E-state index is 0.0193. The lowest BCUT2D eigenvalue weighted by Crippen LogP contribution is -2.60. The van der Waals surface area contributed by atoms with Crippen LogP contribution in [0.1, 0.15) is 81.6 Å². The van der Waals surface area contributed by atoms with Crippen LogP contribution in [-0.4, -0.2) is 53.6 Å². The number of hydrogen-bond acceptors (Lipinski definition) is 9. The second-order valence-corrected chi connectivity index (χ2v) is 11.5. The standard InChI is InChI=1S/C29H42O9/c1-10-16(3)25(32)37-29(38-26(33)17(4)11-2)14-27(8,35-19(6)30)21-13-12-18(5)22(21)23-24(29)28(9,15-34-23)36-20(7)31/h10,12,17,21-24H,11,13-15H2,1-9H3/b16-10+. The topological polar surface area (TPSA) is 114 Å². The predicted molar refractivity (Wildman–Crippen MR) is 137 cm³/mol. The Morgan fingerprint density at radius 3 is 2.21 bits per heavy atom. The summed E-state index contributed by atoms with van der Waals surface area (Å²) in [7, 11) is 0. The minimum atomic E-state index is -1.96. The van der Waals surface area contributed by atoms with E-state index in [-0.39, 0.29) is 24.9 Å². The highest BCUT2D eigenvalue weighted by molar-refractivity contribution is 5.88. The predicted octanol–water partition coefficient (Wildman–Crippen LogP) is 4.43. The van der Waals surface area contributed by atoms with Crippen molar-refractivity contribution in [1.29, 1.82) is 0 Å². The van der Waals surface area contributed by atoms with Gasteiger partial charge < -0.3 is 23.7 Å². The molecule has 3 aliphatic rings. The second-order valence-electron chi connectivity index (χ2n) is 11.5. The summed E-state index contributed by atoms with van der Waals surface area (Å²) in [6, 6.07) is 0. The van der Waals surface area contributed by atoms with Crippen LogP contribution in [0.2, 0.25) is 0 Å². The first-order valence-corrected chi connectivity index (χ1v) is 13.4. The van der Waals surface area contributed by atoms with Gasteiger partial charge in [-0.15, -0.1) is 0 Å². The number of hydrogen-bond donors (Lipinski definition) is 0. The first kappa shape index (κ1) is 29.9. The van der Waals surface area contributed by atoms with Gasteiger partial charge in [-0.1, -0.05) is 31.6 Å². The zero-order valence-electron chi connectivity index (χ0n) is 24.0. The number of esters is 4. The summed E-state index contributed by atoms with van der Waals surface area (Å²) < 4.78 is 30.7. The maximum atomic E-state index is 13.5. The molecule has 0 bridgehead atoms. The minimum Gasteiger partial charge on any atom is -0.459 e. The van der Waals surface area contributed by atoms with E-state index in [1.165, 1.54) is 13.8 Å². The summed E-state index contributed by atoms with van der Waals surface area (Å²) in [5.74, 6) is -6.17. The van der Waals surface area contributed by atoms with Gasteiger partial charge in [0.05, 0.1) is 25.0 Å². The van der Waals surface area contributed by atoms with E-state index in [4.69, 9.17) is 23.7 Å². The van der Waals surface area contributed by atoms with Crippen LogP contribution in [0.3, 0.4) is 0 Å². The molecule has 0 aromatic rings. The molecule has 0 radical (unpaired) electrons. The molecule has 1 heterocycles. The Hall–Kier alpha value is -2.68. The van der Waals surface area contributed by atoms with Gasteiger partial charge in [-0.2, -0.15) is 0 Å². The molecule has 1 aliphatic heterocycles. The molecule has 0 N–H and O–H groups in total. The van der Waals surface area contributed by atoms with Gasteiger partial charge in [-0.25, -0.2) is 4.79 Å². The highest BCUT2D eigenvalue weighted by atomic mass is 16.7. The van der Waals surface area contributed by atoms with Gasteiger partial charge in [-0.05, 0) is 47.5 Å². The fraction of sp³-hybridized carbons (Fsp3) is 0.724. The van der Waals surface area contributed by atoms with E-state index in [9.17, 15) is 19.2 Å². The molecule has 2 aliphatic carbocycles. The van der Waals surface area contributed by atoms with Gasteiger partial charge >= 0.3 is 23.9 Å². The van der Waals surface area contributed by atoms with Crippen molar-refractivity contribution in [2.24, 2.45) is 23.7 Å². The molecule has 0 aromatic carbocycles. The monoisotopic (exact) mass is 534 g/mol. The molecule has 2 fully saturated rings. The molecule has 1 saturated carbocycles. The normalized spacial score (nSPS) is 37.2. The zero-order chi connectivity index (χ0) is 28.6. The number of carbonyl (C=O) groups excluding carboxylic acids is 4. The van der Waals surface area contributed by atoms with Crippen LogP contribution in [0.5, 0.6) is 0 Å². The van der Waals surface area contributed by atoms with Crippen molar-refractivity contribution in [2.75, 3.05) is 6.61 Å². The molecule has 8 unspecified atom stereocenters. The van der Waals surface area contributed by atoms with Gasteiger partial charge in [0, 0.05) is 31.3 Å². The smallest absolute Gasteiger partial charge is 0.336 e. The molecular formula is C29H42O9. The quantitative estimate of drug-likeness (QED) is 0.154. The van der Waals surface area contributed by atoms with E-state index in [0.717, 1.165) is 5.57 Å². The van der Waals surface area contributed by atoms with Crippen molar-refractivity contribution in [2.45, 2.75) is 105 Å². The lowest BCUT2D eigenvalue weighted by molar-refractivity contribution is -0.281. The Morgan fingerprint density at radius 2 is 1.66 bits per heavy atom. The van der Waals surface area contributed by atoms with E-state index >= 15 is 0 Å². The molecule has 0 aromatic heterocycles. The fourth-order valence-electron chi connectivity index (χ4n) is 6.46. The molecular weight excluding hydrogens is 492 g/mol. The number of fused-ring (bicyclic) bond motifs is 3. The van der Waals surface area contributed by atoms with Crippen molar-refractivity contribution in [3.05, 3.63) is 23.3 Å². The summed E-state index contributed by atoms with van der Waals surface area (Å²) in [6.45, 7) is 15.0. The Balaban J connectivity index is 2.33. The molecule has 1 saturated heterocycles. The average molecular weight is 535 g/mol. The summed E-state index contributed by atoms with van der Waals surface area (Å²) in [4.78, 5) is 51.6. The van der Waals surface area contributed by atoms with E-state index in [1.807, 2.05) is 13.8 Å². The summed E-state index contributed by atoms with van der Waals surface area (Å²) in [5.41, 5.74) is -1.17. The number of carbonyl (C=O) groups is 4. The first-order valence-electron chi connectivity index (χ1n) is 13.4. The molecule has 0 amide bonds. The number of allylic oxidation sites excluding steroid dienone is 2. The van der Waals surface area contributed by atoms with Gasteiger partial charge in [0.1, 0.15) is 17.1 Å². The van der Waals surface area contributed by atoms with Crippen molar-refractivity contribution in [3.63, 3.8) is 0 Å². The molecule has 212 valence electrons. The van der Waals surface area contributed by atoms with Gasteiger partial charge in [-0.3, -0.25) is 14.4 Å². The van der Waals surface area contributed by atoms with Crippen molar-refractivity contribution >= 4 is 23.9 Å². The first-order chi connectivity index (χ1) is 17.6. The van der Waals surface area contributed by atoms with Crippen LogP contribution in [0, 0.1) is 23.7 Å². The third-order valence-corrected chi connectivity index (χ3v) is 8.47. The Morgan fingerprint density at radius 1 is 1.05 bits per heavy atom. The highest BCUT2D eigenvalue weighted by Gasteiger charge is 2.71. The van der Waals surface area contributed by atoms with Crippen molar-refractivity contribution < 1.29 is 42.9 Å². The van der Waals surface area contributed by atoms with E-state index < -0.39 is 58.8 Å². The molecule has 8 atom stereocenters. The molecule has 9 heteroatoms. The number of rotatable bonds is 7. The van der Waals surface area contributed by atoms with Crippen LogP contribution in [-0.2, 0) is 42.9 Å². The molecule has 3 rings (SSSR count). The molecule has 9 nitrogen and oxygen atoms in total. The fourth-order valence-corrected chi connectivity index (χ4v) is 6.46. The van der Waals surface area contributed by atoms with Crippen LogP contribution in [0.15, 0.2) is 23.3 Å². The number of ether oxygens (including phenoxy) is 5. The largest absolute Gasteiger partial charge is 0.459 e. The summed E-state index contributed by atoms with van der Waals surface area (Å²) in [5, 5.41) is 0. The Kier molecular flexibility index (Phi) is 8.51. The van der Waals surface area contributed by atoms with Crippen LogP contribution in [0.25, 0.3) is 0 Å². The maximum Gasteiger partial charge on any atom is 0.336 e. The van der Waals surface area contributed by atoms with E-state index in [1.54, 1.807) is 40.7 Å². The molecule has 38 heavy (non-hydrogen) atoms. The van der Waals surface area contributed by atoms with Gasteiger partial charge in [0.2, 0.25) is 0 Å². The third-order valence-electron chi connectivity index (χ3n) is 8.47. The molecule has 0 spiro atoms. The summed E-state index contributed by atoms with van der Waals surface area (Å²) >= 11 is 0.